The average Bonchev–Trinajstić information content (AvgIpc) is 2.42. The minimum absolute atomic E-state index is 0.495. The Kier molecular flexibility index (Phi) is 4.43. The maximum absolute atomic E-state index is 5.90. The van der Waals surface area contributed by atoms with E-state index in [1.165, 1.54) is 11.1 Å². The number of nitrogens with two attached hydrogens (primary N) is 1. The van der Waals surface area contributed by atoms with Crippen LogP contribution in [0.3, 0.4) is 0 Å². The largest absolute Gasteiger partial charge is 0.439 e. The number of nitrogens with zero attached hydrogens (tertiary/aromatic N) is 2. The predicted octanol–water partition coefficient (Wildman–Crippen LogP) is 3.60. The molecule has 1 aromatic heterocycles. The van der Waals surface area contributed by atoms with E-state index in [0.29, 0.717) is 23.4 Å². The van der Waals surface area contributed by atoms with E-state index in [1.807, 2.05) is 19.1 Å². The van der Waals surface area contributed by atoms with Crippen LogP contribution in [0.2, 0.25) is 0 Å². The number of anilines is 1. The van der Waals surface area contributed by atoms with Gasteiger partial charge >= 0.3 is 0 Å². The fourth-order valence-electron chi connectivity index (χ4n) is 2.31. The second-order valence-corrected chi connectivity index (χ2v) is 5.47. The van der Waals surface area contributed by atoms with Crippen LogP contribution in [-0.2, 0) is 0 Å². The maximum atomic E-state index is 5.90. The lowest BCUT2D eigenvalue weighted by Gasteiger charge is -2.14. The summed E-state index contributed by atoms with van der Waals surface area (Å²) in [6, 6.07) is 6.09. The van der Waals surface area contributed by atoms with Crippen LogP contribution in [0, 0.1) is 20.8 Å². The summed E-state index contributed by atoms with van der Waals surface area (Å²) in [4.78, 5) is 8.56. The molecule has 0 amide bonds. The van der Waals surface area contributed by atoms with Crippen molar-refractivity contribution < 1.29 is 4.74 Å². The lowest BCUT2D eigenvalue weighted by atomic mass is 9.98. The van der Waals surface area contributed by atoms with Crippen LogP contribution in [0.4, 0.5) is 5.82 Å². The third-order valence-corrected chi connectivity index (χ3v) is 3.43. The first-order valence-corrected chi connectivity index (χ1v) is 7.02. The third-order valence-electron chi connectivity index (χ3n) is 3.43. The maximum Gasteiger partial charge on any atom is 0.227 e. The van der Waals surface area contributed by atoms with E-state index in [1.54, 1.807) is 6.92 Å². The molecule has 0 saturated heterocycles. The smallest absolute Gasteiger partial charge is 0.227 e. The molecule has 21 heavy (non-hydrogen) atoms. The molecule has 3 N–H and O–H groups in total. The molecule has 2 aromatic rings. The van der Waals surface area contributed by atoms with Gasteiger partial charge in [0.25, 0.3) is 0 Å². The van der Waals surface area contributed by atoms with Gasteiger partial charge in [-0.15, -0.1) is 0 Å². The number of aryl methyl sites for hydroxylation is 2. The van der Waals surface area contributed by atoms with Crippen LogP contribution in [0.25, 0.3) is 0 Å². The molecule has 0 aliphatic rings. The Morgan fingerprint density at radius 2 is 1.86 bits per heavy atom. The first-order valence-electron chi connectivity index (χ1n) is 7.02. The second-order valence-electron chi connectivity index (χ2n) is 5.47. The van der Waals surface area contributed by atoms with Crippen molar-refractivity contribution in [3.05, 3.63) is 40.7 Å². The van der Waals surface area contributed by atoms with Crippen LogP contribution in [0.5, 0.6) is 11.6 Å². The number of hydrazine groups is 1. The molecule has 1 heterocycles. The molecule has 112 valence electrons. The van der Waals surface area contributed by atoms with Crippen LogP contribution in [0.1, 0.15) is 42.3 Å². The summed E-state index contributed by atoms with van der Waals surface area (Å²) in [7, 11) is 0. The fourth-order valence-corrected chi connectivity index (χ4v) is 2.31. The van der Waals surface area contributed by atoms with Gasteiger partial charge in [-0.25, -0.2) is 10.8 Å². The zero-order chi connectivity index (χ0) is 15.6. The molecule has 0 aliphatic heterocycles. The van der Waals surface area contributed by atoms with Gasteiger partial charge in [-0.2, -0.15) is 4.98 Å². The van der Waals surface area contributed by atoms with Gasteiger partial charge in [0.1, 0.15) is 17.4 Å². The quantitative estimate of drug-likeness (QED) is 0.663. The molecule has 5 nitrogen and oxygen atoms in total. The highest BCUT2D eigenvalue weighted by atomic mass is 16.5. The van der Waals surface area contributed by atoms with Crippen molar-refractivity contribution in [1.82, 2.24) is 9.97 Å². The topological polar surface area (TPSA) is 73.1 Å². The Bertz CT molecular complexity index is 653. The first-order chi connectivity index (χ1) is 9.92. The molecule has 0 fully saturated rings. The molecule has 0 aliphatic carbocycles. The number of hydrogen-bond acceptors (Lipinski definition) is 5. The Hall–Kier alpha value is -2.14. The van der Waals surface area contributed by atoms with Crippen molar-refractivity contribution in [1.29, 1.82) is 0 Å². The summed E-state index contributed by atoms with van der Waals surface area (Å²) < 4.78 is 5.90. The number of nitrogen functional groups attached to an aromatic ring is 1. The monoisotopic (exact) mass is 286 g/mol. The average molecular weight is 286 g/mol. The number of hydrogen-bond donors (Lipinski definition) is 2. The molecular formula is C16H22N4O. The van der Waals surface area contributed by atoms with Gasteiger partial charge in [-0.3, -0.25) is 0 Å². The minimum Gasteiger partial charge on any atom is -0.439 e. The molecule has 0 radical (unpaired) electrons. The number of rotatable bonds is 4. The predicted molar refractivity (Wildman–Crippen MR) is 84.7 cm³/mol. The van der Waals surface area contributed by atoms with E-state index in [-0.39, 0.29) is 0 Å². The molecule has 2 rings (SSSR count). The summed E-state index contributed by atoms with van der Waals surface area (Å²) >= 11 is 0. The van der Waals surface area contributed by atoms with Gasteiger partial charge in [0.15, 0.2) is 0 Å². The van der Waals surface area contributed by atoms with Gasteiger partial charge in [0, 0.05) is 0 Å². The summed E-state index contributed by atoms with van der Waals surface area (Å²) in [5.41, 5.74) is 5.89. The van der Waals surface area contributed by atoms with Crippen molar-refractivity contribution >= 4 is 5.82 Å². The van der Waals surface area contributed by atoms with E-state index >= 15 is 0 Å². The molecule has 0 atom stereocenters. The summed E-state index contributed by atoms with van der Waals surface area (Å²) in [6.45, 7) is 10.1. The van der Waals surface area contributed by atoms with Crippen LogP contribution >= 0.6 is 0 Å². The van der Waals surface area contributed by atoms with Crippen molar-refractivity contribution in [3.63, 3.8) is 0 Å². The van der Waals surface area contributed by atoms with Crippen molar-refractivity contribution in [3.8, 4) is 11.6 Å². The van der Waals surface area contributed by atoms with E-state index in [2.05, 4.69) is 42.2 Å². The summed E-state index contributed by atoms with van der Waals surface area (Å²) in [6.07, 6.45) is 0. The van der Waals surface area contributed by atoms with Crippen LogP contribution < -0.4 is 16.0 Å². The molecule has 0 unspecified atom stereocenters. The van der Waals surface area contributed by atoms with Crippen molar-refractivity contribution in [2.75, 3.05) is 5.43 Å². The van der Waals surface area contributed by atoms with Crippen LogP contribution in [-0.4, -0.2) is 9.97 Å². The molecule has 1 aromatic carbocycles. The zero-order valence-corrected chi connectivity index (χ0v) is 13.2. The van der Waals surface area contributed by atoms with Gasteiger partial charge < -0.3 is 10.2 Å². The number of aromatic nitrogens is 2. The van der Waals surface area contributed by atoms with Crippen LogP contribution in [0.15, 0.2) is 18.2 Å². The Labute approximate surface area is 125 Å². The SMILES string of the molecule is Cc1nc(NN)c(C)c(Oc2ccc(C(C)C)c(C)c2)n1. The normalized spacial score (nSPS) is 10.8. The highest BCUT2D eigenvalue weighted by Crippen LogP contribution is 2.29. The first kappa shape index (κ1) is 15.3. The standard InChI is InChI=1S/C16H22N4O/c1-9(2)14-7-6-13(8-10(14)3)21-16-11(4)15(20-17)18-12(5)19-16/h6-9H,17H2,1-5H3,(H,18,19,20). The van der Waals surface area contributed by atoms with Gasteiger partial charge in [-0.1, -0.05) is 19.9 Å². The minimum atomic E-state index is 0.495. The lowest BCUT2D eigenvalue weighted by molar-refractivity contribution is 0.455. The third kappa shape index (κ3) is 3.31. The van der Waals surface area contributed by atoms with E-state index in [9.17, 15) is 0 Å². The van der Waals surface area contributed by atoms with Gasteiger partial charge in [-0.05, 0) is 49.9 Å². The highest BCUT2D eigenvalue weighted by molar-refractivity contribution is 5.49. The van der Waals surface area contributed by atoms with Gasteiger partial charge in [0.05, 0.1) is 5.56 Å². The number of benzene rings is 1. The zero-order valence-electron chi connectivity index (χ0n) is 13.2. The Balaban J connectivity index is 2.34. The molecular weight excluding hydrogens is 264 g/mol. The van der Waals surface area contributed by atoms with Crippen molar-refractivity contribution in [2.45, 2.75) is 40.5 Å². The molecule has 0 bridgehead atoms. The van der Waals surface area contributed by atoms with Gasteiger partial charge in [0.2, 0.25) is 5.88 Å². The molecule has 0 saturated carbocycles. The van der Waals surface area contributed by atoms with E-state index in [0.717, 1.165) is 11.3 Å². The fraction of sp³-hybridized carbons (Fsp3) is 0.375. The number of nitrogens with one attached hydrogen (secondary N) is 1. The van der Waals surface area contributed by atoms with E-state index < -0.39 is 0 Å². The Morgan fingerprint density at radius 1 is 1.14 bits per heavy atom. The summed E-state index contributed by atoms with van der Waals surface area (Å²) in [5, 5.41) is 0. The molecule has 0 spiro atoms. The second kappa shape index (κ2) is 6.10. The van der Waals surface area contributed by atoms with E-state index in [4.69, 9.17) is 10.6 Å². The lowest BCUT2D eigenvalue weighted by Crippen LogP contribution is -2.12. The highest BCUT2D eigenvalue weighted by Gasteiger charge is 2.11. The summed E-state index contributed by atoms with van der Waals surface area (Å²) in [5.74, 6) is 8.43. The number of ether oxygens (including phenoxy) is 1. The van der Waals surface area contributed by atoms with Crippen molar-refractivity contribution in [2.24, 2.45) is 5.84 Å². The molecule has 5 heteroatoms. The Morgan fingerprint density at radius 3 is 2.43 bits per heavy atom.